The van der Waals surface area contributed by atoms with Crippen LogP contribution >= 0.6 is 0 Å². The first-order chi connectivity index (χ1) is 24.8. The molecule has 270 valence electrons. The second-order valence-electron chi connectivity index (χ2n) is 10.7. The molecular weight excluding hydrogens is 794 g/mol. The zero-order valence-electron chi connectivity index (χ0n) is 29.5. The SMILES string of the molecule is Cc1nn(-c2ccccc2)c(=O)[c-]1N=Nc1ccc(S(=O)(=O)O)cc1C(=O)O.Cc1nn(-c2ccccc2)c(=O)[c-]1N=Nc1ccccc1C(=O)O.[Cr].[Na+].[Na+]. The van der Waals surface area contributed by atoms with E-state index in [1.807, 2.05) is 6.07 Å². The summed E-state index contributed by atoms with van der Waals surface area (Å²) < 4.78 is 33.8. The Hall–Kier alpha value is -4.52. The normalized spacial score (nSPS) is 10.8. The molecule has 0 aliphatic carbocycles. The van der Waals surface area contributed by atoms with Crippen molar-refractivity contribution in [3.05, 3.63) is 146 Å². The van der Waals surface area contributed by atoms with Crippen LogP contribution in [-0.2, 0) is 27.5 Å². The number of aryl methyl sites for hydroxylation is 2. The number of hydrogen-bond acceptors (Lipinski definition) is 12. The summed E-state index contributed by atoms with van der Waals surface area (Å²) in [4.78, 5) is 47.0. The maximum absolute atomic E-state index is 12.5. The first-order valence-corrected chi connectivity index (χ1v) is 16.3. The van der Waals surface area contributed by atoms with Crippen molar-refractivity contribution in [2.24, 2.45) is 20.5 Å². The van der Waals surface area contributed by atoms with E-state index in [0.29, 0.717) is 17.1 Å². The van der Waals surface area contributed by atoms with Crippen molar-refractivity contribution in [1.29, 1.82) is 0 Å². The summed E-state index contributed by atoms with van der Waals surface area (Å²) in [5.41, 5.74) is 0.402. The standard InChI is InChI=1S/C17H13N4O6S.C17H13N4O3.Cr.2Na/c1-10-15(16(22)21(20-10)11-5-3-2-4-6-11)19-18-14-8-7-12(28(25,26)27)9-13(14)17(23)24;1-11-15(16(22)21(20-11)12-7-3-2-4-8-12)19-18-14-10-6-5-9-13(14)17(23)24;;;/h2-9H,1H3,(H,23,24)(H,25,26,27);2-10H,1H3,(H,23,24);;;/q2*-1;;2*+1. The molecule has 0 aliphatic rings. The Morgan fingerprint density at radius 3 is 1.45 bits per heavy atom. The zero-order valence-corrected chi connectivity index (χ0v) is 35.6. The number of aromatic nitrogens is 4. The molecule has 2 aromatic heterocycles. The van der Waals surface area contributed by atoms with E-state index in [-0.39, 0.29) is 110 Å². The minimum absolute atomic E-state index is 0. The van der Waals surface area contributed by atoms with Gasteiger partial charge in [0.2, 0.25) is 0 Å². The van der Waals surface area contributed by atoms with Gasteiger partial charge >= 0.3 is 71.1 Å². The van der Waals surface area contributed by atoms with E-state index in [9.17, 15) is 32.7 Å². The zero-order chi connectivity index (χ0) is 37.6. The molecule has 0 saturated heterocycles. The number of aromatic carboxylic acids is 2. The molecule has 3 N–H and O–H groups in total. The fourth-order valence-corrected chi connectivity index (χ4v) is 5.10. The van der Waals surface area contributed by atoms with E-state index in [4.69, 9.17) is 9.66 Å². The fraction of sp³-hybridized carbons (Fsp3) is 0.0588. The van der Waals surface area contributed by atoms with Crippen LogP contribution in [0.2, 0.25) is 0 Å². The summed E-state index contributed by atoms with van der Waals surface area (Å²) in [5, 5.41) is 42.1. The molecule has 4 aromatic carbocycles. The quantitative estimate of drug-likeness (QED) is 0.0758. The summed E-state index contributed by atoms with van der Waals surface area (Å²) >= 11 is 0. The monoisotopic (exact) mass is 820 g/mol. The van der Waals surface area contributed by atoms with Crippen molar-refractivity contribution in [2.75, 3.05) is 0 Å². The predicted molar refractivity (Wildman–Crippen MR) is 185 cm³/mol. The molecule has 0 unspecified atom stereocenters. The summed E-state index contributed by atoms with van der Waals surface area (Å²) in [5.74, 6) is -2.58. The predicted octanol–water partition coefficient (Wildman–Crippen LogP) is -0.000960. The van der Waals surface area contributed by atoms with Crippen LogP contribution in [0.1, 0.15) is 32.1 Å². The number of benzene rings is 4. The first kappa shape index (κ1) is 46.6. The number of azo groups is 2. The maximum atomic E-state index is 12.5. The molecule has 0 bridgehead atoms. The number of carboxylic acids is 2. The van der Waals surface area contributed by atoms with Crippen molar-refractivity contribution in [3.63, 3.8) is 0 Å². The van der Waals surface area contributed by atoms with Gasteiger partial charge < -0.3 is 30.0 Å². The molecule has 0 atom stereocenters. The van der Waals surface area contributed by atoms with Crippen LogP contribution in [0, 0.1) is 13.8 Å². The van der Waals surface area contributed by atoms with Gasteiger partial charge in [-0.2, -0.15) is 18.6 Å². The smallest absolute Gasteiger partial charge is 0.478 e. The topological polar surface area (TPSA) is 248 Å². The molecule has 0 amide bonds. The van der Waals surface area contributed by atoms with Crippen LogP contribution in [0.15, 0.2) is 138 Å². The summed E-state index contributed by atoms with van der Waals surface area (Å²) in [6.07, 6.45) is 0. The van der Waals surface area contributed by atoms with Gasteiger partial charge in [-0.1, -0.05) is 73.8 Å². The van der Waals surface area contributed by atoms with Crippen molar-refractivity contribution >= 4 is 44.8 Å². The van der Waals surface area contributed by atoms with Gasteiger partial charge in [0.1, 0.15) is 11.1 Å². The molecule has 21 heteroatoms. The van der Waals surface area contributed by atoms with Crippen molar-refractivity contribution in [3.8, 4) is 11.4 Å². The van der Waals surface area contributed by atoms with Gasteiger partial charge in [0.15, 0.2) is 0 Å². The number of carboxylic acid groups (broad SMARTS) is 2. The molecular formula is C34H26CrN8Na2O9S. The third-order valence-corrected chi connectivity index (χ3v) is 7.97. The number of rotatable bonds is 9. The molecule has 6 aromatic rings. The Morgan fingerprint density at radius 1 is 0.636 bits per heavy atom. The Morgan fingerprint density at radius 2 is 1.04 bits per heavy atom. The summed E-state index contributed by atoms with van der Waals surface area (Å²) in [7, 11) is -4.58. The Bertz CT molecular complexity index is 2590. The van der Waals surface area contributed by atoms with E-state index < -0.39 is 43.6 Å². The number of carbonyl (C=O) groups is 2. The van der Waals surface area contributed by atoms with Crippen LogP contribution in [0.5, 0.6) is 0 Å². The van der Waals surface area contributed by atoms with E-state index in [0.717, 1.165) is 22.9 Å². The molecule has 0 aliphatic heterocycles. The van der Waals surface area contributed by atoms with E-state index >= 15 is 0 Å². The molecule has 0 fully saturated rings. The second kappa shape index (κ2) is 20.4. The third-order valence-electron chi connectivity index (χ3n) is 7.12. The second-order valence-corrected chi connectivity index (χ2v) is 12.1. The van der Waals surface area contributed by atoms with E-state index in [1.54, 1.807) is 80.6 Å². The molecule has 0 spiro atoms. The van der Waals surface area contributed by atoms with Crippen LogP contribution in [0.25, 0.3) is 11.4 Å². The number of nitrogens with zero attached hydrogens (tertiary/aromatic N) is 8. The minimum atomic E-state index is -4.58. The van der Waals surface area contributed by atoms with Gasteiger partial charge in [-0.15, -0.1) is 11.4 Å². The Kier molecular flexibility index (Phi) is 17.3. The molecule has 55 heavy (non-hydrogen) atoms. The van der Waals surface area contributed by atoms with Crippen molar-refractivity contribution in [2.45, 2.75) is 18.7 Å². The van der Waals surface area contributed by atoms with Gasteiger partial charge in [0, 0.05) is 17.4 Å². The number of hydrogen-bond donors (Lipinski definition) is 3. The van der Waals surface area contributed by atoms with Crippen LogP contribution in [0.4, 0.5) is 22.7 Å². The van der Waals surface area contributed by atoms with Crippen LogP contribution in [-0.4, -0.2) is 54.7 Å². The summed E-state index contributed by atoms with van der Waals surface area (Å²) in [6.45, 7) is 3.20. The number of para-hydroxylation sites is 2. The van der Waals surface area contributed by atoms with Gasteiger partial charge in [0.25, 0.3) is 10.1 Å². The van der Waals surface area contributed by atoms with Gasteiger partial charge in [-0.25, -0.2) is 29.2 Å². The third kappa shape index (κ3) is 11.3. The first-order valence-electron chi connectivity index (χ1n) is 14.9. The largest absolute Gasteiger partial charge is 1.00 e. The maximum Gasteiger partial charge on any atom is 1.00 e. The minimum Gasteiger partial charge on any atom is -0.478 e. The Balaban J connectivity index is 0.000000364. The van der Waals surface area contributed by atoms with Crippen molar-refractivity contribution in [1.82, 2.24) is 19.6 Å². The fourth-order valence-electron chi connectivity index (χ4n) is 4.60. The van der Waals surface area contributed by atoms with E-state index in [1.165, 1.54) is 16.8 Å². The van der Waals surface area contributed by atoms with Crippen molar-refractivity contribution < 1.29 is 109 Å². The molecule has 2 heterocycles. The summed E-state index contributed by atoms with van der Waals surface area (Å²) in [6, 6.07) is 26.6. The van der Waals surface area contributed by atoms with Gasteiger partial charge in [0.05, 0.1) is 38.8 Å². The van der Waals surface area contributed by atoms with Crippen LogP contribution in [0.3, 0.4) is 0 Å². The average Bonchev–Trinajstić information content (AvgIpc) is 3.58. The Labute approximate surface area is 367 Å². The average molecular weight is 821 g/mol. The van der Waals surface area contributed by atoms with Crippen LogP contribution < -0.4 is 70.2 Å². The molecule has 17 nitrogen and oxygen atoms in total. The van der Waals surface area contributed by atoms with Gasteiger partial charge in [-0.05, 0) is 54.6 Å². The molecule has 0 radical (unpaired) electrons. The molecule has 0 saturated carbocycles. The van der Waals surface area contributed by atoms with E-state index in [2.05, 4.69) is 30.7 Å². The molecule has 6 rings (SSSR count). The van der Waals surface area contributed by atoms with Gasteiger partial charge in [-0.3, -0.25) is 4.55 Å².